The van der Waals surface area contributed by atoms with Crippen molar-refractivity contribution in [1.82, 2.24) is 0 Å². The number of benzene rings is 2. The highest BCUT2D eigenvalue weighted by atomic mass is 35.5. The van der Waals surface area contributed by atoms with Gasteiger partial charge >= 0.3 is 5.97 Å². The molecule has 0 aliphatic carbocycles. The quantitative estimate of drug-likeness (QED) is 0.606. The molecule has 2 aromatic rings. The number of carbonyl (C=O) groups excluding carboxylic acids is 1. The highest BCUT2D eigenvalue weighted by molar-refractivity contribution is 6.22. The van der Waals surface area contributed by atoms with Gasteiger partial charge in [0.15, 0.2) is 5.60 Å². The lowest BCUT2D eigenvalue weighted by Crippen LogP contribution is -2.38. The first-order valence-corrected chi connectivity index (χ1v) is 7.76. The molecule has 2 atom stereocenters. The number of fused-ring (bicyclic) bond motifs is 1. The summed E-state index contributed by atoms with van der Waals surface area (Å²) in [5.41, 5.74) is 0.910. The summed E-state index contributed by atoms with van der Waals surface area (Å²) in [7, 11) is 0. The van der Waals surface area contributed by atoms with E-state index in [-0.39, 0.29) is 11.8 Å². The van der Waals surface area contributed by atoms with Gasteiger partial charge in [-0.1, -0.05) is 43.7 Å². The Labute approximate surface area is 133 Å². The van der Waals surface area contributed by atoms with Crippen LogP contribution in [-0.4, -0.2) is 11.3 Å². The number of rotatable bonds is 4. The van der Waals surface area contributed by atoms with E-state index in [0.29, 0.717) is 17.5 Å². The zero-order chi connectivity index (χ0) is 15.7. The molecule has 0 spiro atoms. The summed E-state index contributed by atoms with van der Waals surface area (Å²) in [6.07, 6.45) is 1.54. The molecule has 0 aromatic heterocycles. The van der Waals surface area contributed by atoms with Crippen molar-refractivity contribution >= 4 is 17.6 Å². The Morgan fingerprint density at radius 1 is 1.18 bits per heavy atom. The maximum Gasteiger partial charge on any atom is 0.339 e. The molecule has 1 aliphatic rings. The van der Waals surface area contributed by atoms with Gasteiger partial charge in [0.25, 0.3) is 0 Å². The van der Waals surface area contributed by atoms with E-state index >= 15 is 0 Å². The van der Waals surface area contributed by atoms with E-state index in [1.54, 1.807) is 24.3 Å². The Morgan fingerprint density at radius 3 is 2.55 bits per heavy atom. The van der Waals surface area contributed by atoms with Crippen LogP contribution in [0.2, 0.25) is 0 Å². The van der Waals surface area contributed by atoms with E-state index in [2.05, 4.69) is 0 Å². The number of cyclic esters (lactones) is 1. The van der Waals surface area contributed by atoms with Gasteiger partial charge in [0.1, 0.15) is 5.82 Å². The fraction of sp³-hybridized carbons (Fsp3) is 0.278. The third kappa shape index (κ3) is 2.20. The zero-order valence-corrected chi connectivity index (χ0v) is 12.9. The van der Waals surface area contributed by atoms with Crippen LogP contribution in [-0.2, 0) is 10.3 Å². The molecule has 0 saturated carbocycles. The largest absolute Gasteiger partial charge is 0.444 e. The van der Waals surface area contributed by atoms with Gasteiger partial charge in [-0.2, -0.15) is 0 Å². The van der Waals surface area contributed by atoms with Gasteiger partial charge in [-0.15, -0.1) is 11.6 Å². The first kappa shape index (κ1) is 15.0. The van der Waals surface area contributed by atoms with Crippen molar-refractivity contribution in [3.63, 3.8) is 0 Å². The highest BCUT2D eigenvalue weighted by Gasteiger charge is 2.51. The Kier molecular flexibility index (Phi) is 3.92. The molecule has 2 unspecified atom stereocenters. The molecule has 0 N–H and O–H groups in total. The highest BCUT2D eigenvalue weighted by Crippen LogP contribution is 2.47. The summed E-state index contributed by atoms with van der Waals surface area (Å²) in [4.78, 5) is 12.3. The number of halogens is 2. The van der Waals surface area contributed by atoms with E-state index < -0.39 is 11.0 Å². The third-order valence-electron chi connectivity index (χ3n) is 4.06. The summed E-state index contributed by atoms with van der Waals surface area (Å²) < 4.78 is 19.0. The fourth-order valence-electron chi connectivity index (χ4n) is 3.02. The van der Waals surface area contributed by atoms with Crippen LogP contribution in [0.25, 0.3) is 0 Å². The monoisotopic (exact) mass is 318 g/mol. The molecular weight excluding hydrogens is 303 g/mol. The Morgan fingerprint density at radius 2 is 1.86 bits per heavy atom. The normalized spacial score (nSPS) is 21.3. The van der Waals surface area contributed by atoms with Crippen molar-refractivity contribution in [2.75, 3.05) is 0 Å². The van der Waals surface area contributed by atoms with E-state index in [1.807, 2.05) is 19.1 Å². The molecule has 22 heavy (non-hydrogen) atoms. The van der Waals surface area contributed by atoms with Gasteiger partial charge in [-0.25, -0.2) is 9.18 Å². The molecule has 1 heterocycles. The minimum absolute atomic E-state index is 0.335. The summed E-state index contributed by atoms with van der Waals surface area (Å²) in [6.45, 7) is 2.02. The van der Waals surface area contributed by atoms with Crippen LogP contribution < -0.4 is 0 Å². The molecular formula is C18H16ClFO2. The lowest BCUT2D eigenvalue weighted by atomic mass is 9.81. The van der Waals surface area contributed by atoms with Gasteiger partial charge in [0.05, 0.1) is 10.9 Å². The lowest BCUT2D eigenvalue weighted by Gasteiger charge is -2.34. The topological polar surface area (TPSA) is 26.3 Å². The molecule has 4 heteroatoms. The van der Waals surface area contributed by atoms with Crippen molar-refractivity contribution < 1.29 is 13.9 Å². The summed E-state index contributed by atoms with van der Waals surface area (Å²) in [6, 6.07) is 13.2. The van der Waals surface area contributed by atoms with Crippen LogP contribution >= 0.6 is 11.6 Å². The standard InChI is InChI=1S/C18H16ClFO2/c1-2-5-16(19)18(12-8-10-13(20)11-9-12)15-7-4-3-6-14(15)17(21)22-18/h3-4,6-11,16H,2,5H2,1H3. The molecule has 0 radical (unpaired) electrons. The number of esters is 1. The number of carbonyl (C=O) groups is 1. The molecule has 0 fully saturated rings. The van der Waals surface area contributed by atoms with Gasteiger partial charge < -0.3 is 4.74 Å². The minimum atomic E-state index is -1.06. The van der Waals surface area contributed by atoms with Gasteiger partial charge in [0, 0.05) is 11.1 Å². The second kappa shape index (κ2) is 5.73. The summed E-state index contributed by atoms with van der Waals surface area (Å²) in [5, 5.41) is -0.421. The molecule has 3 rings (SSSR count). The van der Waals surface area contributed by atoms with E-state index in [9.17, 15) is 9.18 Å². The minimum Gasteiger partial charge on any atom is -0.444 e. The molecule has 114 valence electrons. The van der Waals surface area contributed by atoms with Gasteiger partial charge in [-0.05, 0) is 24.6 Å². The Balaban J connectivity index is 2.22. The third-order valence-corrected chi connectivity index (χ3v) is 4.58. The maximum absolute atomic E-state index is 13.3. The SMILES string of the molecule is CCCC(Cl)C1(c2ccc(F)cc2)OC(=O)c2ccccc21. The zero-order valence-electron chi connectivity index (χ0n) is 12.2. The Hall–Kier alpha value is -1.87. The summed E-state index contributed by atoms with van der Waals surface area (Å²) >= 11 is 6.64. The molecule has 0 saturated heterocycles. The molecule has 0 amide bonds. The average Bonchev–Trinajstić information content (AvgIpc) is 2.83. The second-order valence-electron chi connectivity index (χ2n) is 5.43. The second-order valence-corrected chi connectivity index (χ2v) is 5.96. The summed E-state index contributed by atoms with van der Waals surface area (Å²) in [5.74, 6) is -0.722. The van der Waals surface area contributed by atoms with Crippen molar-refractivity contribution in [1.29, 1.82) is 0 Å². The van der Waals surface area contributed by atoms with Crippen molar-refractivity contribution in [2.45, 2.75) is 30.7 Å². The van der Waals surface area contributed by atoms with Crippen LogP contribution in [0, 0.1) is 5.82 Å². The first-order chi connectivity index (χ1) is 10.6. The Bertz CT molecular complexity index is 698. The van der Waals surface area contributed by atoms with Crippen molar-refractivity contribution in [3.8, 4) is 0 Å². The smallest absolute Gasteiger partial charge is 0.339 e. The van der Waals surface area contributed by atoms with E-state index in [0.717, 1.165) is 12.0 Å². The molecule has 2 nitrogen and oxygen atoms in total. The van der Waals surface area contributed by atoms with Crippen LogP contribution in [0.5, 0.6) is 0 Å². The number of hydrogen-bond acceptors (Lipinski definition) is 2. The van der Waals surface area contributed by atoms with Crippen LogP contribution in [0.4, 0.5) is 4.39 Å². The van der Waals surface area contributed by atoms with Gasteiger partial charge in [-0.3, -0.25) is 0 Å². The average molecular weight is 319 g/mol. The number of ether oxygens (including phenoxy) is 1. The van der Waals surface area contributed by atoms with E-state index in [4.69, 9.17) is 16.3 Å². The van der Waals surface area contributed by atoms with Crippen LogP contribution in [0.1, 0.15) is 41.3 Å². The van der Waals surface area contributed by atoms with Gasteiger partial charge in [0.2, 0.25) is 0 Å². The van der Waals surface area contributed by atoms with E-state index in [1.165, 1.54) is 12.1 Å². The lowest BCUT2D eigenvalue weighted by molar-refractivity contribution is 0.00804. The van der Waals surface area contributed by atoms with Crippen LogP contribution in [0.15, 0.2) is 48.5 Å². The molecule has 1 aliphatic heterocycles. The van der Waals surface area contributed by atoms with Crippen molar-refractivity contribution in [3.05, 3.63) is 71.0 Å². The van der Waals surface area contributed by atoms with Crippen molar-refractivity contribution in [2.24, 2.45) is 0 Å². The fourth-order valence-corrected chi connectivity index (χ4v) is 3.53. The predicted molar refractivity (Wildman–Crippen MR) is 83.6 cm³/mol. The predicted octanol–water partition coefficient (Wildman–Crippen LogP) is 4.65. The van der Waals surface area contributed by atoms with Crippen LogP contribution in [0.3, 0.4) is 0 Å². The number of hydrogen-bond donors (Lipinski definition) is 0. The number of alkyl halides is 1. The molecule has 0 bridgehead atoms. The maximum atomic E-state index is 13.3. The molecule has 2 aromatic carbocycles. The first-order valence-electron chi connectivity index (χ1n) is 7.32.